The van der Waals surface area contributed by atoms with Gasteiger partial charge in [0.1, 0.15) is 0 Å². The molecule has 8 heteroatoms. The van der Waals surface area contributed by atoms with Crippen LogP contribution in [0, 0.1) is 5.92 Å². The molecule has 3 heterocycles. The van der Waals surface area contributed by atoms with Gasteiger partial charge in [-0.05, 0) is 79.1 Å². The molecule has 1 unspecified atom stereocenters. The molecule has 2 aliphatic heterocycles. The summed E-state index contributed by atoms with van der Waals surface area (Å²) in [5.41, 5.74) is 5.76. The van der Waals surface area contributed by atoms with Crippen LogP contribution in [0.5, 0.6) is 11.5 Å². The van der Waals surface area contributed by atoms with Crippen molar-refractivity contribution in [2.75, 3.05) is 23.7 Å². The normalized spacial score (nSPS) is 28.3. The first kappa shape index (κ1) is 26.1. The van der Waals surface area contributed by atoms with Gasteiger partial charge in [-0.1, -0.05) is 52.3 Å². The number of piperidine rings is 1. The Morgan fingerprint density at radius 2 is 1.98 bits per heavy atom. The van der Waals surface area contributed by atoms with E-state index in [4.69, 9.17) is 4.74 Å². The minimum absolute atomic E-state index is 0.000862. The lowest BCUT2D eigenvalue weighted by molar-refractivity contribution is -0.173. The van der Waals surface area contributed by atoms with E-state index in [1.807, 2.05) is 18.2 Å². The number of likely N-dealkylation sites (tertiary alicyclic amines) is 1. The molecule has 1 saturated carbocycles. The Balaban J connectivity index is 1.24. The number of hydrogen-bond acceptors (Lipinski definition) is 5. The van der Waals surface area contributed by atoms with Crippen molar-refractivity contribution in [3.05, 3.63) is 88.6 Å². The van der Waals surface area contributed by atoms with Crippen LogP contribution in [0.2, 0.25) is 0 Å². The molecule has 43 heavy (non-hydrogen) atoms. The van der Waals surface area contributed by atoms with E-state index in [0.29, 0.717) is 18.7 Å². The number of phenols is 1. The van der Waals surface area contributed by atoms with Crippen molar-refractivity contribution < 1.29 is 19.7 Å². The van der Waals surface area contributed by atoms with Gasteiger partial charge in [-0.25, -0.2) is 0 Å². The van der Waals surface area contributed by atoms with E-state index >= 15 is 0 Å². The third kappa shape index (κ3) is 3.51. The molecule has 5 aliphatic rings. The van der Waals surface area contributed by atoms with Gasteiger partial charge in [-0.15, -0.1) is 0 Å². The first-order valence-corrected chi connectivity index (χ1v) is 16.6. The number of carbonyl (C=O) groups is 1. The summed E-state index contributed by atoms with van der Waals surface area (Å²) in [4.78, 5) is 14.7. The summed E-state index contributed by atoms with van der Waals surface area (Å²) in [6.07, 6.45) is 4.26. The Labute approximate surface area is 258 Å². The summed E-state index contributed by atoms with van der Waals surface area (Å²) in [7, 11) is 0. The third-order valence-corrected chi connectivity index (χ3v) is 11.5. The highest BCUT2D eigenvalue weighted by atomic mass is 79.9. The second kappa shape index (κ2) is 9.10. The second-order valence-corrected chi connectivity index (χ2v) is 13.8. The molecular weight excluding hydrogens is 606 g/mol. The summed E-state index contributed by atoms with van der Waals surface area (Å²) >= 11 is 3.24. The number of phenolic OH excluding ortho intramolecular Hbond substituents is 1. The predicted octanol–water partition coefficient (Wildman–Crippen LogP) is 5.43. The summed E-state index contributed by atoms with van der Waals surface area (Å²) in [5, 5.41) is 28.7. The molecule has 3 aromatic carbocycles. The maximum atomic E-state index is 13.2. The van der Waals surface area contributed by atoms with E-state index in [0.717, 1.165) is 70.8 Å². The fourth-order valence-electron chi connectivity index (χ4n) is 9.10. The summed E-state index contributed by atoms with van der Waals surface area (Å²) in [6.45, 7) is 2.56. The molecule has 1 amide bonds. The summed E-state index contributed by atoms with van der Waals surface area (Å²) in [6, 6.07) is 20.3. The quantitative estimate of drug-likeness (QED) is 0.245. The van der Waals surface area contributed by atoms with Crippen molar-refractivity contribution in [2.24, 2.45) is 5.92 Å². The van der Waals surface area contributed by atoms with E-state index in [2.05, 4.69) is 67.1 Å². The number of anilines is 1. The largest absolute Gasteiger partial charge is 0.504 e. The lowest BCUT2D eigenvalue weighted by atomic mass is 9.49. The number of aromatic hydroxyl groups is 1. The van der Waals surface area contributed by atoms with Gasteiger partial charge in [0.25, 0.3) is 0 Å². The number of nitrogens with one attached hydrogen (secondary N) is 1. The standard InChI is InChI=1S/C35H34BrN3O4/c36-17-29(41)37-23-5-3-4-21(14-23)19-39-26-7-2-1-6-24(26)25-16-35(42)28-15-22-10-11-27(40)32-30(22)34(35,33(43-32)31(25)39)12-13-38(28)18-20-8-9-20/h1-7,10-11,14,20,28,33,40,42H,8-9,12-13,15-19H2,(H,37,41)/t28?,33-,34-,35+/m0/s1. The molecule has 4 atom stereocenters. The minimum atomic E-state index is -1.02. The molecule has 1 spiro atoms. The van der Waals surface area contributed by atoms with Crippen molar-refractivity contribution >= 4 is 38.4 Å². The Morgan fingerprint density at radius 3 is 2.81 bits per heavy atom. The molecule has 2 fully saturated rings. The van der Waals surface area contributed by atoms with Crippen LogP contribution in [0.1, 0.15) is 53.3 Å². The van der Waals surface area contributed by atoms with Gasteiger partial charge in [0, 0.05) is 47.7 Å². The van der Waals surface area contributed by atoms with Crippen LogP contribution in [0.15, 0.2) is 60.7 Å². The van der Waals surface area contributed by atoms with Crippen LogP contribution < -0.4 is 10.1 Å². The summed E-state index contributed by atoms with van der Waals surface area (Å²) in [5.74, 6) is 1.36. The highest BCUT2D eigenvalue weighted by Crippen LogP contribution is 2.69. The zero-order valence-corrected chi connectivity index (χ0v) is 25.4. The smallest absolute Gasteiger partial charge is 0.235 e. The minimum Gasteiger partial charge on any atom is -0.504 e. The van der Waals surface area contributed by atoms with Crippen LogP contribution in [0.25, 0.3) is 10.9 Å². The molecule has 1 saturated heterocycles. The van der Waals surface area contributed by atoms with Crippen molar-refractivity contribution in [3.8, 4) is 11.5 Å². The van der Waals surface area contributed by atoms with Crippen molar-refractivity contribution in [3.63, 3.8) is 0 Å². The molecule has 9 rings (SSSR count). The number of aromatic nitrogens is 1. The lowest BCUT2D eigenvalue weighted by Crippen LogP contribution is -2.74. The number of rotatable bonds is 6. The fourth-order valence-corrected chi connectivity index (χ4v) is 9.24. The van der Waals surface area contributed by atoms with Gasteiger partial charge in [0.05, 0.1) is 22.0 Å². The van der Waals surface area contributed by atoms with Crippen LogP contribution >= 0.6 is 15.9 Å². The molecule has 1 aromatic heterocycles. The van der Waals surface area contributed by atoms with Gasteiger partial charge < -0.3 is 24.8 Å². The van der Waals surface area contributed by atoms with Gasteiger partial charge in [-0.2, -0.15) is 0 Å². The Kier molecular flexibility index (Phi) is 5.52. The number of fused-ring (bicyclic) bond motifs is 4. The monoisotopic (exact) mass is 639 g/mol. The van der Waals surface area contributed by atoms with E-state index in [1.54, 1.807) is 6.07 Å². The first-order chi connectivity index (χ1) is 20.9. The number of alkyl halides is 1. The SMILES string of the molecule is O=C(CBr)Nc1cccc(Cn2c3c(c4ccccc42)C[C@@]2(O)C4Cc5ccc(O)c6c5[C@@]2(CCN4CC2CC2)[C@H]3O6)c1. The van der Waals surface area contributed by atoms with Crippen LogP contribution in [-0.2, 0) is 29.6 Å². The third-order valence-electron chi connectivity index (χ3n) is 11.0. The van der Waals surface area contributed by atoms with Crippen molar-refractivity contribution in [1.29, 1.82) is 0 Å². The fraction of sp³-hybridized carbons (Fsp3) is 0.400. The van der Waals surface area contributed by atoms with Gasteiger partial charge in [0.2, 0.25) is 5.91 Å². The number of carbonyl (C=O) groups excluding carboxylic acids is 1. The van der Waals surface area contributed by atoms with Crippen LogP contribution in [0.4, 0.5) is 5.69 Å². The lowest BCUT2D eigenvalue weighted by Gasteiger charge is -2.63. The number of aliphatic hydroxyl groups is 1. The molecule has 4 aromatic rings. The van der Waals surface area contributed by atoms with Crippen molar-refractivity contribution in [2.45, 2.75) is 61.8 Å². The molecule has 3 aliphatic carbocycles. The zero-order valence-electron chi connectivity index (χ0n) is 23.9. The molecular formula is C35H34BrN3O4. The average Bonchev–Trinajstić information content (AvgIpc) is 3.68. The molecule has 220 valence electrons. The zero-order chi connectivity index (χ0) is 29.1. The second-order valence-electron chi connectivity index (χ2n) is 13.3. The van der Waals surface area contributed by atoms with Crippen LogP contribution in [0.3, 0.4) is 0 Å². The summed E-state index contributed by atoms with van der Waals surface area (Å²) < 4.78 is 9.28. The highest BCUT2D eigenvalue weighted by molar-refractivity contribution is 9.09. The van der Waals surface area contributed by atoms with Gasteiger partial charge in [0.15, 0.2) is 17.6 Å². The number of ether oxygens (including phenoxy) is 1. The number of nitrogens with zero attached hydrogens (tertiary/aromatic N) is 2. The Bertz CT molecular complexity index is 1830. The number of hydrogen-bond donors (Lipinski definition) is 3. The first-order valence-electron chi connectivity index (χ1n) is 15.4. The molecule has 0 radical (unpaired) electrons. The highest BCUT2D eigenvalue weighted by Gasteiger charge is 2.73. The van der Waals surface area contributed by atoms with E-state index in [-0.39, 0.29) is 23.0 Å². The van der Waals surface area contributed by atoms with E-state index in [1.165, 1.54) is 18.4 Å². The van der Waals surface area contributed by atoms with E-state index < -0.39 is 17.1 Å². The maximum absolute atomic E-state index is 13.2. The number of amides is 1. The maximum Gasteiger partial charge on any atom is 0.235 e. The molecule has 2 bridgehead atoms. The molecule has 3 N–H and O–H groups in total. The number of halogens is 1. The molecule has 7 nitrogen and oxygen atoms in total. The van der Waals surface area contributed by atoms with Crippen LogP contribution in [-0.4, -0.2) is 55.6 Å². The Hall–Kier alpha value is -3.33. The number of benzene rings is 3. The number of para-hydroxylation sites is 1. The average molecular weight is 641 g/mol. The predicted molar refractivity (Wildman–Crippen MR) is 168 cm³/mol. The van der Waals surface area contributed by atoms with Gasteiger partial charge >= 0.3 is 0 Å². The van der Waals surface area contributed by atoms with Crippen molar-refractivity contribution in [1.82, 2.24) is 9.47 Å². The topological polar surface area (TPSA) is 87.0 Å². The Morgan fingerprint density at radius 1 is 1.12 bits per heavy atom. The van der Waals surface area contributed by atoms with E-state index in [9.17, 15) is 15.0 Å². The van der Waals surface area contributed by atoms with Gasteiger partial charge in [-0.3, -0.25) is 9.69 Å².